The van der Waals surface area contributed by atoms with E-state index in [1.807, 2.05) is 20.8 Å². The average Bonchev–Trinajstić information content (AvgIpc) is 3.13. The van der Waals surface area contributed by atoms with Crippen molar-refractivity contribution in [2.24, 2.45) is 11.4 Å². The highest BCUT2D eigenvalue weighted by atomic mass is 35.5. The van der Waals surface area contributed by atoms with Crippen molar-refractivity contribution >= 4 is 34.6 Å². The SMILES string of the molecule is Cn1cc(C(F)(F)F)nc1-c1ccc(CNc2nc(Cl)ncc2C=NS(=O)C(C)(C)C)cc1. The van der Waals surface area contributed by atoms with Crippen LogP contribution in [0.3, 0.4) is 0 Å². The van der Waals surface area contributed by atoms with Crippen LogP contribution < -0.4 is 5.32 Å². The van der Waals surface area contributed by atoms with E-state index < -0.39 is 27.6 Å². The second-order valence-corrected chi connectivity index (χ2v) is 10.4. The summed E-state index contributed by atoms with van der Waals surface area (Å²) in [6.07, 6.45) is -0.634. The maximum atomic E-state index is 12.9. The van der Waals surface area contributed by atoms with Crippen molar-refractivity contribution in [1.29, 1.82) is 0 Å². The summed E-state index contributed by atoms with van der Waals surface area (Å²) in [6.45, 7) is 5.80. The lowest BCUT2D eigenvalue weighted by molar-refractivity contribution is -0.140. The molecule has 0 aliphatic rings. The van der Waals surface area contributed by atoms with Crippen LogP contribution in [0, 0.1) is 0 Å². The van der Waals surface area contributed by atoms with E-state index in [1.165, 1.54) is 24.0 Å². The molecule has 1 atom stereocenters. The smallest absolute Gasteiger partial charge is 0.365 e. The number of alkyl halides is 3. The molecular weight excluding hydrogens is 477 g/mol. The predicted octanol–water partition coefficient (Wildman–Crippen LogP) is 5.04. The lowest BCUT2D eigenvalue weighted by atomic mass is 10.1. The van der Waals surface area contributed by atoms with Gasteiger partial charge in [-0.2, -0.15) is 17.6 Å². The van der Waals surface area contributed by atoms with E-state index in [2.05, 4.69) is 24.7 Å². The molecule has 1 unspecified atom stereocenters. The van der Waals surface area contributed by atoms with Gasteiger partial charge in [-0.15, -0.1) is 0 Å². The zero-order valence-corrected chi connectivity index (χ0v) is 19.9. The summed E-state index contributed by atoms with van der Waals surface area (Å²) in [5.41, 5.74) is 0.980. The van der Waals surface area contributed by atoms with Crippen LogP contribution in [0.1, 0.15) is 37.6 Å². The maximum Gasteiger partial charge on any atom is 0.434 e. The minimum absolute atomic E-state index is 0.0391. The molecule has 0 aliphatic carbocycles. The Balaban J connectivity index is 1.75. The van der Waals surface area contributed by atoms with Gasteiger partial charge in [-0.25, -0.2) is 19.2 Å². The number of nitrogens with one attached hydrogen (secondary N) is 1. The number of aromatic nitrogens is 4. The first-order valence-corrected chi connectivity index (χ1v) is 11.3. The molecule has 0 spiro atoms. The summed E-state index contributed by atoms with van der Waals surface area (Å²) < 4.78 is 55.8. The fourth-order valence-electron chi connectivity index (χ4n) is 2.70. The molecule has 1 N–H and O–H groups in total. The molecule has 0 fully saturated rings. The Morgan fingerprint density at radius 2 is 1.85 bits per heavy atom. The van der Waals surface area contributed by atoms with Gasteiger partial charge in [-0.3, -0.25) is 0 Å². The van der Waals surface area contributed by atoms with Gasteiger partial charge in [0.1, 0.15) is 22.6 Å². The first kappa shape index (κ1) is 24.8. The average molecular weight is 499 g/mol. The number of hydrogen-bond acceptors (Lipinski definition) is 5. The maximum absolute atomic E-state index is 12.9. The highest BCUT2D eigenvalue weighted by Gasteiger charge is 2.34. The molecule has 7 nitrogen and oxygen atoms in total. The van der Waals surface area contributed by atoms with Crippen molar-refractivity contribution in [3.05, 3.63) is 58.8 Å². The first-order chi connectivity index (χ1) is 15.3. The summed E-state index contributed by atoms with van der Waals surface area (Å²) in [5.74, 6) is 0.627. The molecule has 0 radical (unpaired) electrons. The molecule has 176 valence electrons. The molecule has 1 aromatic carbocycles. The van der Waals surface area contributed by atoms with E-state index in [1.54, 1.807) is 24.3 Å². The number of anilines is 1. The minimum atomic E-state index is -4.50. The van der Waals surface area contributed by atoms with Crippen molar-refractivity contribution < 1.29 is 17.4 Å². The van der Waals surface area contributed by atoms with Gasteiger partial charge in [0, 0.05) is 31.5 Å². The predicted molar refractivity (Wildman–Crippen MR) is 124 cm³/mol. The van der Waals surface area contributed by atoms with E-state index in [0.29, 0.717) is 23.5 Å². The van der Waals surface area contributed by atoms with E-state index in [0.717, 1.165) is 11.8 Å². The van der Waals surface area contributed by atoms with Crippen LogP contribution in [0.15, 0.2) is 41.1 Å². The van der Waals surface area contributed by atoms with Gasteiger partial charge in [0.05, 0.1) is 16.5 Å². The number of halogens is 4. The second-order valence-electron chi connectivity index (χ2n) is 8.15. The van der Waals surface area contributed by atoms with Gasteiger partial charge < -0.3 is 9.88 Å². The van der Waals surface area contributed by atoms with Gasteiger partial charge >= 0.3 is 6.18 Å². The molecule has 0 saturated heterocycles. The van der Waals surface area contributed by atoms with Gasteiger partial charge in [0.25, 0.3) is 0 Å². The molecule has 2 aromatic heterocycles. The zero-order chi connectivity index (χ0) is 24.4. The van der Waals surface area contributed by atoms with Gasteiger partial charge in [-0.05, 0) is 37.9 Å². The second kappa shape index (κ2) is 9.60. The molecule has 3 aromatic rings. The summed E-state index contributed by atoms with van der Waals surface area (Å²) in [5, 5.41) is 3.17. The Kier molecular flexibility index (Phi) is 7.23. The number of nitrogens with zero attached hydrogens (tertiary/aromatic N) is 5. The summed E-state index contributed by atoms with van der Waals surface area (Å²) >= 11 is 5.92. The van der Waals surface area contributed by atoms with Crippen molar-refractivity contribution in [2.75, 3.05) is 5.32 Å². The van der Waals surface area contributed by atoms with Crippen LogP contribution in [-0.4, -0.2) is 34.7 Å². The van der Waals surface area contributed by atoms with E-state index in [9.17, 15) is 17.4 Å². The molecule has 0 amide bonds. The first-order valence-electron chi connectivity index (χ1n) is 9.77. The monoisotopic (exact) mass is 498 g/mol. The number of rotatable bonds is 6. The van der Waals surface area contributed by atoms with E-state index >= 15 is 0 Å². The third kappa shape index (κ3) is 6.38. The van der Waals surface area contributed by atoms with Crippen molar-refractivity contribution in [2.45, 2.75) is 38.2 Å². The fourth-order valence-corrected chi connectivity index (χ4v) is 3.36. The number of benzene rings is 1. The molecular formula is C21H22ClF3N6OS. The van der Waals surface area contributed by atoms with Crippen molar-refractivity contribution in [3.63, 3.8) is 0 Å². The molecule has 0 saturated carbocycles. The Bertz CT molecular complexity index is 1190. The van der Waals surface area contributed by atoms with Gasteiger partial charge in [0.15, 0.2) is 5.69 Å². The Hall–Kier alpha value is -2.79. The quantitative estimate of drug-likeness (QED) is 0.380. The van der Waals surface area contributed by atoms with Crippen LogP contribution in [0.5, 0.6) is 0 Å². The standard InChI is InChI=1S/C21H22ClF3N6OS/c1-20(2,3)33(32)28-11-15-10-27-19(22)30-17(15)26-9-13-5-7-14(8-6-13)18-29-16(12-31(18)4)21(23,24)25/h5-8,10-12H,9H2,1-4H3,(H,26,27,30). The molecule has 0 aliphatic heterocycles. The molecule has 0 bridgehead atoms. The van der Waals surface area contributed by atoms with Crippen LogP contribution >= 0.6 is 11.6 Å². The topological polar surface area (TPSA) is 85.1 Å². The van der Waals surface area contributed by atoms with Crippen LogP contribution in [0.4, 0.5) is 19.0 Å². The Labute approximate surface area is 196 Å². The number of aryl methyl sites for hydroxylation is 1. The summed E-state index contributed by atoms with van der Waals surface area (Å²) in [6, 6.07) is 6.94. The van der Waals surface area contributed by atoms with Gasteiger partial charge in [0.2, 0.25) is 5.28 Å². The largest absolute Gasteiger partial charge is 0.434 e. The minimum Gasteiger partial charge on any atom is -0.365 e. The fraction of sp³-hybridized carbons (Fsp3) is 0.333. The van der Waals surface area contributed by atoms with Crippen LogP contribution in [0.25, 0.3) is 11.4 Å². The molecule has 2 heterocycles. The van der Waals surface area contributed by atoms with E-state index in [-0.39, 0.29) is 11.1 Å². The van der Waals surface area contributed by atoms with Crippen molar-refractivity contribution in [1.82, 2.24) is 19.5 Å². The Morgan fingerprint density at radius 3 is 2.42 bits per heavy atom. The third-order valence-electron chi connectivity index (χ3n) is 4.44. The third-order valence-corrected chi connectivity index (χ3v) is 5.96. The molecule has 12 heteroatoms. The summed E-state index contributed by atoms with van der Waals surface area (Å²) in [7, 11) is 0.0721. The lowest BCUT2D eigenvalue weighted by Gasteiger charge is -2.13. The number of hydrogen-bond donors (Lipinski definition) is 1. The van der Waals surface area contributed by atoms with Crippen LogP contribution in [-0.2, 0) is 30.8 Å². The normalized spacial score (nSPS) is 13.5. The highest BCUT2D eigenvalue weighted by molar-refractivity contribution is 7.85. The van der Waals surface area contributed by atoms with E-state index in [4.69, 9.17) is 11.6 Å². The van der Waals surface area contributed by atoms with Gasteiger partial charge in [-0.1, -0.05) is 24.3 Å². The Morgan fingerprint density at radius 1 is 1.18 bits per heavy atom. The zero-order valence-electron chi connectivity index (χ0n) is 18.3. The summed E-state index contributed by atoms with van der Waals surface area (Å²) in [4.78, 5) is 11.8. The number of imidazole rings is 1. The van der Waals surface area contributed by atoms with Crippen LogP contribution in [0.2, 0.25) is 5.28 Å². The molecule has 33 heavy (non-hydrogen) atoms. The lowest BCUT2D eigenvalue weighted by Crippen LogP contribution is -2.19. The van der Waals surface area contributed by atoms with Crippen molar-refractivity contribution in [3.8, 4) is 11.4 Å². The molecule has 3 rings (SSSR count). The highest BCUT2D eigenvalue weighted by Crippen LogP contribution is 2.30.